The molecular weight excluding hydrogens is 490 g/mol. The molecule has 7 nitrogen and oxygen atoms in total. The highest BCUT2D eigenvalue weighted by Gasteiger charge is 2.60. The summed E-state index contributed by atoms with van der Waals surface area (Å²) >= 11 is 0. The number of carbonyl (C=O) groups is 2. The number of rotatable bonds is 6. The fourth-order valence-corrected chi connectivity index (χ4v) is 6.07. The molecule has 3 aromatic carbocycles. The number of para-hydroxylation sites is 1. The van der Waals surface area contributed by atoms with Gasteiger partial charge in [0.2, 0.25) is 5.91 Å². The molecule has 3 fully saturated rings. The second kappa shape index (κ2) is 10.5. The average molecular weight is 526 g/mol. The number of piperidine rings is 1. The highest BCUT2D eigenvalue weighted by Crippen LogP contribution is 2.48. The van der Waals surface area contributed by atoms with E-state index in [1.54, 1.807) is 12.2 Å². The van der Waals surface area contributed by atoms with Gasteiger partial charge in [-0.05, 0) is 80.7 Å². The van der Waals surface area contributed by atoms with Gasteiger partial charge in [-0.15, -0.1) is 0 Å². The number of hydroxylamine groups is 1. The second-order valence-electron chi connectivity index (χ2n) is 11.0. The molecule has 3 aliphatic rings. The summed E-state index contributed by atoms with van der Waals surface area (Å²) in [7, 11) is 1.69. The average Bonchev–Trinajstić information content (AvgIpc) is 3.46. The van der Waals surface area contributed by atoms with Crippen molar-refractivity contribution in [3.8, 4) is 5.75 Å². The summed E-state index contributed by atoms with van der Waals surface area (Å²) < 4.78 is 5.75. The van der Waals surface area contributed by atoms with Gasteiger partial charge in [0.05, 0.1) is 24.5 Å². The van der Waals surface area contributed by atoms with E-state index in [0.717, 1.165) is 53.7 Å². The number of methoxy groups -OCH3 is 1. The van der Waals surface area contributed by atoms with Crippen molar-refractivity contribution >= 4 is 23.2 Å². The van der Waals surface area contributed by atoms with E-state index in [1.807, 2.05) is 73.7 Å². The minimum absolute atomic E-state index is 0.236. The van der Waals surface area contributed by atoms with E-state index >= 15 is 0 Å². The number of nitrogens with zero attached hydrogens (tertiary/aromatic N) is 3. The minimum Gasteiger partial charge on any atom is -0.496 e. The van der Waals surface area contributed by atoms with E-state index in [1.165, 1.54) is 17.7 Å². The fraction of sp³-hybridized carbons (Fsp3) is 0.375. The number of amides is 2. The van der Waals surface area contributed by atoms with Gasteiger partial charge in [0.1, 0.15) is 11.7 Å². The van der Waals surface area contributed by atoms with Gasteiger partial charge in [-0.1, -0.05) is 48.9 Å². The third kappa shape index (κ3) is 4.70. The molecule has 0 bridgehead atoms. The van der Waals surface area contributed by atoms with Gasteiger partial charge in [0, 0.05) is 12.1 Å². The van der Waals surface area contributed by atoms with Gasteiger partial charge in [-0.25, -0.2) is 9.96 Å². The first kappa shape index (κ1) is 25.6. The van der Waals surface area contributed by atoms with Crippen LogP contribution in [0.15, 0.2) is 72.8 Å². The van der Waals surface area contributed by atoms with E-state index in [0.29, 0.717) is 5.69 Å². The van der Waals surface area contributed by atoms with Crippen LogP contribution in [0.1, 0.15) is 42.5 Å². The molecule has 0 N–H and O–H groups in total. The highest BCUT2D eigenvalue weighted by atomic mass is 16.7. The van der Waals surface area contributed by atoms with Crippen LogP contribution >= 0.6 is 0 Å². The molecule has 7 heteroatoms. The van der Waals surface area contributed by atoms with Crippen LogP contribution in [0.4, 0.5) is 11.4 Å². The van der Waals surface area contributed by atoms with Gasteiger partial charge < -0.3 is 4.74 Å². The maximum absolute atomic E-state index is 14.0. The molecule has 39 heavy (non-hydrogen) atoms. The number of hydrogen-bond donors (Lipinski definition) is 0. The Morgan fingerprint density at radius 2 is 1.62 bits per heavy atom. The predicted molar refractivity (Wildman–Crippen MR) is 150 cm³/mol. The summed E-state index contributed by atoms with van der Waals surface area (Å²) in [6.45, 7) is 7.18. The van der Waals surface area contributed by atoms with Crippen LogP contribution in [0, 0.1) is 18.8 Å². The Morgan fingerprint density at radius 1 is 0.897 bits per heavy atom. The number of fused-ring (bicyclic) bond motifs is 1. The maximum Gasteiger partial charge on any atom is 0.266 e. The molecular formula is C32H35N3O4. The summed E-state index contributed by atoms with van der Waals surface area (Å²) in [5, 5.41) is 1.76. The Kier molecular flexibility index (Phi) is 6.87. The summed E-state index contributed by atoms with van der Waals surface area (Å²) in [4.78, 5) is 37.7. The third-order valence-corrected chi connectivity index (χ3v) is 8.33. The molecule has 202 valence electrons. The van der Waals surface area contributed by atoms with Crippen molar-refractivity contribution in [2.24, 2.45) is 11.8 Å². The van der Waals surface area contributed by atoms with Crippen molar-refractivity contribution in [2.45, 2.75) is 45.4 Å². The lowest BCUT2D eigenvalue weighted by Gasteiger charge is -2.31. The molecule has 3 atom stereocenters. The Morgan fingerprint density at radius 3 is 2.31 bits per heavy atom. The van der Waals surface area contributed by atoms with Crippen molar-refractivity contribution in [3.63, 3.8) is 0 Å². The molecule has 2 amide bonds. The van der Waals surface area contributed by atoms with Crippen molar-refractivity contribution in [1.82, 2.24) is 4.90 Å². The summed E-state index contributed by atoms with van der Waals surface area (Å²) in [5.74, 6) is 0.349. The van der Waals surface area contributed by atoms with Crippen LogP contribution in [-0.4, -0.2) is 43.0 Å². The smallest absolute Gasteiger partial charge is 0.266 e. The Hall–Kier alpha value is -3.68. The summed E-state index contributed by atoms with van der Waals surface area (Å²) in [6, 6.07) is 22.8. The van der Waals surface area contributed by atoms with Crippen LogP contribution in [0.3, 0.4) is 0 Å². The zero-order valence-electron chi connectivity index (χ0n) is 22.7. The molecule has 3 aromatic rings. The van der Waals surface area contributed by atoms with E-state index < -0.39 is 18.1 Å². The molecule has 0 radical (unpaired) electrons. The lowest BCUT2D eigenvalue weighted by atomic mass is 9.89. The van der Waals surface area contributed by atoms with Crippen LogP contribution in [0.2, 0.25) is 0 Å². The maximum atomic E-state index is 14.0. The van der Waals surface area contributed by atoms with E-state index in [4.69, 9.17) is 9.57 Å². The van der Waals surface area contributed by atoms with E-state index in [-0.39, 0.29) is 11.8 Å². The van der Waals surface area contributed by atoms with Crippen LogP contribution in [-0.2, 0) is 21.0 Å². The Bertz CT molecular complexity index is 1350. The van der Waals surface area contributed by atoms with Gasteiger partial charge in [0.25, 0.3) is 5.91 Å². The lowest BCUT2D eigenvalue weighted by molar-refractivity contribution is -0.126. The fourth-order valence-electron chi connectivity index (χ4n) is 6.07. The van der Waals surface area contributed by atoms with Gasteiger partial charge in [0.15, 0.2) is 6.10 Å². The number of aryl methyl sites for hydroxylation is 1. The first-order chi connectivity index (χ1) is 18.9. The van der Waals surface area contributed by atoms with Crippen LogP contribution < -0.4 is 14.7 Å². The van der Waals surface area contributed by atoms with E-state index in [9.17, 15) is 9.59 Å². The van der Waals surface area contributed by atoms with Crippen molar-refractivity contribution in [2.75, 3.05) is 30.2 Å². The topological polar surface area (TPSA) is 62.3 Å². The zero-order chi connectivity index (χ0) is 27.1. The standard InChI is InChI=1S/C32H35N3O4/c1-21-9-12-25(13-10-21)34-31(36)28-29(35(39-30(28)32(34)37)26-7-5-4-6-8-26)23-11-14-27(38-3)24(19-23)20-33-17-15-22(2)16-18-33/h4-14,19,22,28-30H,15-18,20H2,1-3H3/t28-,29+,30-/m0/s1. The van der Waals surface area contributed by atoms with Crippen molar-refractivity contribution in [3.05, 3.63) is 89.5 Å². The van der Waals surface area contributed by atoms with Crippen LogP contribution in [0.5, 0.6) is 5.75 Å². The number of ether oxygens (including phenoxy) is 1. The lowest BCUT2D eigenvalue weighted by Crippen LogP contribution is -2.37. The Balaban J connectivity index is 1.38. The molecule has 0 unspecified atom stereocenters. The molecule has 3 saturated heterocycles. The van der Waals surface area contributed by atoms with Gasteiger partial charge >= 0.3 is 0 Å². The number of benzene rings is 3. The second-order valence-corrected chi connectivity index (χ2v) is 11.0. The highest BCUT2D eigenvalue weighted by molar-refractivity contribution is 6.23. The third-order valence-electron chi connectivity index (χ3n) is 8.33. The van der Waals surface area contributed by atoms with Gasteiger partial charge in [-0.2, -0.15) is 0 Å². The largest absolute Gasteiger partial charge is 0.496 e. The number of imide groups is 1. The number of likely N-dealkylation sites (tertiary alicyclic amines) is 1. The molecule has 0 aliphatic carbocycles. The number of hydrogen-bond acceptors (Lipinski definition) is 6. The number of anilines is 2. The quantitative estimate of drug-likeness (QED) is 0.408. The SMILES string of the molecule is COc1ccc([C@@H]2[C@@H]3C(=O)N(c4ccc(C)cc4)C(=O)[C@H]3ON2c2ccccc2)cc1CN1CCC(C)CC1. The molecule has 0 aromatic heterocycles. The molecule has 3 heterocycles. The van der Waals surface area contributed by atoms with Crippen LogP contribution in [0.25, 0.3) is 0 Å². The van der Waals surface area contributed by atoms with E-state index in [2.05, 4.69) is 17.9 Å². The van der Waals surface area contributed by atoms with Crippen molar-refractivity contribution in [1.29, 1.82) is 0 Å². The zero-order valence-corrected chi connectivity index (χ0v) is 22.7. The normalized spacial score (nSPS) is 23.9. The summed E-state index contributed by atoms with van der Waals surface area (Å²) in [6.07, 6.45) is 1.49. The first-order valence-electron chi connectivity index (χ1n) is 13.8. The molecule has 0 spiro atoms. The first-order valence-corrected chi connectivity index (χ1v) is 13.8. The monoisotopic (exact) mass is 525 g/mol. The Labute approximate surface area is 229 Å². The predicted octanol–water partition coefficient (Wildman–Crippen LogP) is 5.29. The van der Waals surface area contributed by atoms with Gasteiger partial charge in [-0.3, -0.25) is 19.3 Å². The minimum atomic E-state index is -0.891. The summed E-state index contributed by atoms with van der Waals surface area (Å²) in [5.41, 5.74) is 4.46. The molecule has 6 rings (SSSR count). The molecule has 3 aliphatic heterocycles. The number of carbonyl (C=O) groups excluding carboxylic acids is 2. The molecule has 0 saturated carbocycles. The van der Waals surface area contributed by atoms with Crippen molar-refractivity contribution < 1.29 is 19.2 Å².